The molecule has 0 aliphatic heterocycles. The molecule has 0 spiro atoms. The fraction of sp³-hybridized carbons (Fsp3) is 1.00. The van der Waals surface area contributed by atoms with E-state index in [1.807, 2.05) is 0 Å². The van der Waals surface area contributed by atoms with Crippen LogP contribution in [0.4, 0.5) is 13.2 Å². The largest absolute Gasteiger partial charge is 0.394 e. The van der Waals surface area contributed by atoms with Crippen molar-refractivity contribution in [2.75, 3.05) is 0 Å². The van der Waals surface area contributed by atoms with Crippen molar-refractivity contribution in [2.45, 2.75) is 76.7 Å². The highest BCUT2D eigenvalue weighted by Crippen LogP contribution is 2.37. The Kier molecular flexibility index (Phi) is 10.8. The van der Waals surface area contributed by atoms with Gasteiger partial charge in [-0.1, -0.05) is 45.4 Å². The minimum atomic E-state index is -4.33. The van der Waals surface area contributed by atoms with Gasteiger partial charge in [0.05, 0.1) is 6.42 Å². The molecule has 0 aromatic carbocycles. The highest BCUT2D eigenvalue weighted by atomic mass is 79.9. The van der Waals surface area contributed by atoms with Crippen LogP contribution in [-0.4, -0.2) is 12.0 Å². The second-order valence-corrected chi connectivity index (χ2v) is 5.38. The third kappa shape index (κ3) is 10.1. The number of alkyl halides is 3. The monoisotopic (exact) mass is 412 g/mol. The fourth-order valence-corrected chi connectivity index (χ4v) is 2.75. The van der Waals surface area contributed by atoms with Crippen molar-refractivity contribution < 1.29 is 20.8 Å². The van der Waals surface area contributed by atoms with Gasteiger partial charge in [0.2, 0.25) is 5.79 Å². The molecule has 0 radical (unpaired) electrons. The van der Waals surface area contributed by atoms with Crippen molar-refractivity contribution in [3.63, 3.8) is 0 Å². The lowest BCUT2D eigenvalue weighted by Gasteiger charge is -2.28. The van der Waals surface area contributed by atoms with Gasteiger partial charge in [0.1, 0.15) is 32.5 Å². The first-order chi connectivity index (χ1) is 8.89. The first-order valence-corrected chi connectivity index (χ1v) is 7.85. The Morgan fingerprint density at radius 3 is 1.74 bits per heavy atom. The molecular formula is C12H21Br2F3O2. The average Bonchev–Trinajstić information content (AvgIpc) is 2.35. The van der Waals surface area contributed by atoms with E-state index in [4.69, 9.17) is 7.66 Å². The summed E-state index contributed by atoms with van der Waals surface area (Å²) in [6.07, 6.45) is 1.99. The molecular weight excluding hydrogens is 393 g/mol. The maximum absolute atomic E-state index is 12.4. The molecule has 116 valence electrons. The van der Waals surface area contributed by atoms with Crippen LogP contribution in [0, 0.1) is 0 Å². The van der Waals surface area contributed by atoms with Gasteiger partial charge in [-0.2, -0.15) is 13.2 Å². The van der Waals surface area contributed by atoms with Gasteiger partial charge in [0.15, 0.2) is 0 Å². The third-order valence-electron chi connectivity index (χ3n) is 2.91. The van der Waals surface area contributed by atoms with Gasteiger partial charge < -0.3 is 0 Å². The topological polar surface area (TPSA) is 18.5 Å². The molecule has 7 heteroatoms. The summed E-state index contributed by atoms with van der Waals surface area (Å²) in [6, 6.07) is 0. The highest BCUT2D eigenvalue weighted by molar-refractivity contribution is 9.06. The lowest BCUT2D eigenvalue weighted by molar-refractivity contribution is -0.209. The van der Waals surface area contributed by atoms with Crippen molar-refractivity contribution >= 4 is 32.5 Å². The van der Waals surface area contributed by atoms with Gasteiger partial charge in [0.25, 0.3) is 0 Å². The molecule has 0 saturated heterocycles. The van der Waals surface area contributed by atoms with Crippen LogP contribution >= 0.6 is 32.5 Å². The summed E-state index contributed by atoms with van der Waals surface area (Å²) in [5.41, 5.74) is 0. The zero-order valence-electron chi connectivity index (χ0n) is 11.1. The highest BCUT2D eigenvalue weighted by Gasteiger charge is 2.44. The number of unbranched alkanes of at least 4 members (excludes halogenated alkanes) is 6. The van der Waals surface area contributed by atoms with Crippen molar-refractivity contribution in [1.82, 2.24) is 0 Å². The van der Waals surface area contributed by atoms with E-state index in [-0.39, 0.29) is 6.42 Å². The minimum Gasteiger partial charge on any atom is -0.272 e. The van der Waals surface area contributed by atoms with Gasteiger partial charge in [-0.3, -0.25) is 7.66 Å². The maximum atomic E-state index is 12.4. The predicted molar refractivity (Wildman–Crippen MR) is 76.0 cm³/mol. The summed E-state index contributed by atoms with van der Waals surface area (Å²) >= 11 is 5.27. The molecule has 0 aromatic heterocycles. The zero-order valence-corrected chi connectivity index (χ0v) is 14.2. The van der Waals surface area contributed by atoms with Crippen LogP contribution < -0.4 is 0 Å². The van der Waals surface area contributed by atoms with Crippen LogP contribution in [0.25, 0.3) is 0 Å². The molecule has 0 amide bonds. The van der Waals surface area contributed by atoms with Crippen LogP contribution in [0.5, 0.6) is 0 Å². The summed E-state index contributed by atoms with van der Waals surface area (Å²) in [5, 5.41) is 0. The van der Waals surface area contributed by atoms with E-state index < -0.39 is 18.4 Å². The zero-order chi connectivity index (χ0) is 14.8. The Bertz CT molecular complexity index is 222. The Morgan fingerprint density at radius 1 is 0.842 bits per heavy atom. The van der Waals surface area contributed by atoms with Gasteiger partial charge in [-0.25, -0.2) is 0 Å². The molecule has 0 unspecified atom stereocenters. The number of rotatable bonds is 11. The van der Waals surface area contributed by atoms with Crippen LogP contribution in [0.15, 0.2) is 0 Å². The Morgan fingerprint density at radius 2 is 1.32 bits per heavy atom. The van der Waals surface area contributed by atoms with Crippen molar-refractivity contribution in [3.05, 3.63) is 0 Å². The van der Waals surface area contributed by atoms with E-state index in [0.717, 1.165) is 19.3 Å². The molecule has 0 aliphatic rings. The van der Waals surface area contributed by atoms with Gasteiger partial charge in [0, 0.05) is 6.42 Å². The van der Waals surface area contributed by atoms with E-state index in [9.17, 15) is 13.2 Å². The summed E-state index contributed by atoms with van der Waals surface area (Å²) in [6.45, 7) is 2.15. The van der Waals surface area contributed by atoms with Crippen LogP contribution in [-0.2, 0) is 7.66 Å². The molecule has 0 saturated carbocycles. The Hall–Kier alpha value is 0.670. The molecule has 0 N–H and O–H groups in total. The minimum absolute atomic E-state index is 0.191. The van der Waals surface area contributed by atoms with E-state index in [0.29, 0.717) is 6.42 Å². The molecule has 0 atom stereocenters. The van der Waals surface area contributed by atoms with E-state index >= 15 is 0 Å². The van der Waals surface area contributed by atoms with Crippen molar-refractivity contribution in [1.29, 1.82) is 0 Å². The molecule has 19 heavy (non-hydrogen) atoms. The molecule has 0 bridgehead atoms. The molecule has 0 heterocycles. The average molecular weight is 414 g/mol. The summed E-state index contributed by atoms with van der Waals surface area (Å²) in [5.74, 6) is -1.68. The molecule has 0 aliphatic carbocycles. The standard InChI is InChI=1S/C12H21Br2F3O2/c1-2-3-4-5-6-7-8-9-11(18-13,19-14)10-12(15,16)17/h2-10H2,1H3. The molecule has 0 aromatic rings. The second-order valence-electron chi connectivity index (χ2n) is 4.73. The van der Waals surface area contributed by atoms with Crippen molar-refractivity contribution in [3.8, 4) is 0 Å². The van der Waals surface area contributed by atoms with E-state index in [1.54, 1.807) is 0 Å². The SMILES string of the molecule is CCCCCCCCCC(CC(F)(F)F)(OBr)OBr. The Balaban J connectivity index is 3.94. The normalized spacial score (nSPS) is 12.9. The van der Waals surface area contributed by atoms with Crippen molar-refractivity contribution in [2.24, 2.45) is 0 Å². The smallest absolute Gasteiger partial charge is 0.272 e. The molecule has 2 nitrogen and oxygen atoms in total. The van der Waals surface area contributed by atoms with Crippen LogP contribution in [0.3, 0.4) is 0 Å². The van der Waals surface area contributed by atoms with Crippen LogP contribution in [0.1, 0.15) is 64.7 Å². The van der Waals surface area contributed by atoms with Gasteiger partial charge >= 0.3 is 6.18 Å². The molecule has 0 rings (SSSR count). The lowest BCUT2D eigenvalue weighted by Crippen LogP contribution is -2.35. The van der Waals surface area contributed by atoms with Crippen LogP contribution in [0.2, 0.25) is 0 Å². The first kappa shape index (κ1) is 19.7. The van der Waals surface area contributed by atoms with E-state index in [1.165, 1.54) is 19.3 Å². The van der Waals surface area contributed by atoms with Gasteiger partial charge in [-0.05, 0) is 6.42 Å². The van der Waals surface area contributed by atoms with E-state index in [2.05, 4.69) is 39.4 Å². The maximum Gasteiger partial charge on any atom is 0.394 e. The summed E-state index contributed by atoms with van der Waals surface area (Å²) in [4.78, 5) is 0. The van der Waals surface area contributed by atoms with Gasteiger partial charge in [-0.15, -0.1) is 0 Å². The first-order valence-electron chi connectivity index (χ1n) is 6.55. The quantitative estimate of drug-likeness (QED) is 0.287. The third-order valence-corrected chi connectivity index (χ3v) is 4.09. The second kappa shape index (κ2) is 10.4. The predicted octanol–water partition coefficient (Wildman–Crippen LogP) is 6.43. The summed E-state index contributed by atoms with van der Waals surface area (Å²) < 4.78 is 46.8. The number of hydrogen-bond donors (Lipinski definition) is 0. The number of halogens is 5. The molecule has 0 fully saturated rings. The summed E-state index contributed by atoms with van der Waals surface area (Å²) in [7, 11) is 0. The fourth-order valence-electron chi connectivity index (χ4n) is 1.89. The Labute approximate surface area is 130 Å². The lowest BCUT2D eigenvalue weighted by atomic mass is 10.0. The number of hydrogen-bond acceptors (Lipinski definition) is 2.